The maximum absolute atomic E-state index is 12.8. The minimum atomic E-state index is -0.444. The molecule has 2 N–H and O–H groups in total. The second-order valence-electron chi connectivity index (χ2n) is 10.6. The number of ether oxygens (including phenoxy) is 2. The predicted octanol–water partition coefficient (Wildman–Crippen LogP) is 3.58. The molecule has 7 nitrogen and oxygen atoms in total. The van der Waals surface area contributed by atoms with Gasteiger partial charge >= 0.3 is 0 Å². The SMILES string of the molecule is C[C@@]1(N2CCC(c3cc4cc(NC(=O)[C@@H]5[C@@H]6CCCO[C@@H]65)ncc4cc3Cl)CC2)COC[C@@H]1O. The smallest absolute Gasteiger partial charge is 0.231 e. The third-order valence-corrected chi connectivity index (χ3v) is 8.85. The number of piperidine rings is 1. The number of halogens is 1. The van der Waals surface area contributed by atoms with Crippen LogP contribution in [0.4, 0.5) is 5.82 Å². The first-order valence-corrected chi connectivity index (χ1v) is 12.8. The average Bonchev–Trinajstić information content (AvgIpc) is 3.48. The van der Waals surface area contributed by atoms with E-state index in [1.54, 1.807) is 6.20 Å². The zero-order valence-corrected chi connectivity index (χ0v) is 20.3. The Morgan fingerprint density at radius 2 is 2.06 bits per heavy atom. The second kappa shape index (κ2) is 8.71. The van der Waals surface area contributed by atoms with Crippen molar-refractivity contribution in [3.05, 3.63) is 35.0 Å². The van der Waals surface area contributed by atoms with Crippen LogP contribution >= 0.6 is 11.6 Å². The van der Waals surface area contributed by atoms with Gasteiger partial charge in [0, 0.05) is 29.1 Å². The lowest BCUT2D eigenvalue weighted by molar-refractivity contribution is -0.118. The largest absolute Gasteiger partial charge is 0.389 e. The van der Waals surface area contributed by atoms with Gasteiger partial charge in [-0.3, -0.25) is 9.69 Å². The van der Waals surface area contributed by atoms with E-state index in [-0.39, 0.29) is 23.5 Å². The quantitative estimate of drug-likeness (QED) is 0.688. The average molecular weight is 486 g/mol. The summed E-state index contributed by atoms with van der Waals surface area (Å²) in [5, 5.41) is 16.2. The molecule has 3 aliphatic heterocycles. The highest BCUT2D eigenvalue weighted by Gasteiger charge is 2.56. The predicted molar refractivity (Wildman–Crippen MR) is 130 cm³/mol. The van der Waals surface area contributed by atoms with Gasteiger partial charge in [0.25, 0.3) is 0 Å². The van der Waals surface area contributed by atoms with Gasteiger partial charge in [-0.1, -0.05) is 11.6 Å². The van der Waals surface area contributed by atoms with Crippen molar-refractivity contribution < 1.29 is 19.4 Å². The topological polar surface area (TPSA) is 83.9 Å². The number of nitrogens with one attached hydrogen (secondary N) is 1. The van der Waals surface area contributed by atoms with Crippen LogP contribution < -0.4 is 5.32 Å². The van der Waals surface area contributed by atoms with Crippen LogP contribution in [0.5, 0.6) is 0 Å². The number of anilines is 1. The molecule has 182 valence electrons. The highest BCUT2D eigenvalue weighted by molar-refractivity contribution is 6.32. The van der Waals surface area contributed by atoms with E-state index >= 15 is 0 Å². The Morgan fingerprint density at radius 3 is 2.76 bits per heavy atom. The van der Waals surface area contributed by atoms with Crippen LogP contribution in [0.25, 0.3) is 10.8 Å². The van der Waals surface area contributed by atoms with Gasteiger partial charge in [0.1, 0.15) is 5.82 Å². The van der Waals surface area contributed by atoms with Gasteiger partial charge in [0.05, 0.1) is 36.9 Å². The number of likely N-dealkylation sites (tertiary alicyclic amines) is 1. The van der Waals surface area contributed by atoms with Gasteiger partial charge in [-0.15, -0.1) is 0 Å². The Hall–Kier alpha value is -1.77. The molecule has 4 heterocycles. The van der Waals surface area contributed by atoms with Crippen LogP contribution in [-0.4, -0.2) is 71.6 Å². The van der Waals surface area contributed by atoms with Gasteiger partial charge in [-0.2, -0.15) is 0 Å². The van der Waals surface area contributed by atoms with Crippen LogP contribution in [0.3, 0.4) is 0 Å². The minimum Gasteiger partial charge on any atom is -0.389 e. The third-order valence-electron chi connectivity index (χ3n) is 8.52. The summed E-state index contributed by atoms with van der Waals surface area (Å²) >= 11 is 6.71. The van der Waals surface area contributed by atoms with E-state index in [0.717, 1.165) is 66.7 Å². The van der Waals surface area contributed by atoms with E-state index in [0.29, 0.717) is 30.9 Å². The number of amides is 1. The molecule has 8 heteroatoms. The van der Waals surface area contributed by atoms with Crippen LogP contribution in [0.2, 0.25) is 5.02 Å². The first kappa shape index (κ1) is 22.7. The molecule has 1 aliphatic carbocycles. The summed E-state index contributed by atoms with van der Waals surface area (Å²) in [6, 6.07) is 6.09. The van der Waals surface area contributed by atoms with Crippen molar-refractivity contribution in [3.8, 4) is 0 Å². The zero-order chi connectivity index (χ0) is 23.4. The number of rotatable bonds is 4. The fourth-order valence-corrected chi connectivity index (χ4v) is 6.55. The van der Waals surface area contributed by atoms with Crippen molar-refractivity contribution in [1.82, 2.24) is 9.88 Å². The number of aliphatic hydroxyl groups is 1. The number of hydrogen-bond donors (Lipinski definition) is 2. The summed E-state index contributed by atoms with van der Waals surface area (Å²) in [5.41, 5.74) is 0.841. The monoisotopic (exact) mass is 485 g/mol. The standard InChI is InChI=1S/C26H32ClN3O4/c1-26(14-33-13-21(26)31)30-6-4-15(5-7-30)19-9-16-11-22(28-12-17(16)10-20(19)27)29-25(32)23-18-3-2-8-34-24(18)23/h9-12,15,18,21,23-24,31H,2-8,13-14H2,1H3,(H,28,29,32)/t18-,21-,23+,24-,26+/m0/s1. The van der Waals surface area contributed by atoms with E-state index in [1.807, 2.05) is 12.1 Å². The lowest BCUT2D eigenvalue weighted by Crippen LogP contribution is -2.56. The molecule has 3 saturated heterocycles. The molecule has 0 radical (unpaired) electrons. The fraction of sp³-hybridized carbons (Fsp3) is 0.615. The Balaban J connectivity index is 1.16. The number of carbonyl (C=O) groups is 1. The maximum Gasteiger partial charge on any atom is 0.231 e. The van der Waals surface area contributed by atoms with Crippen molar-refractivity contribution in [1.29, 1.82) is 0 Å². The molecule has 1 amide bonds. The Bertz CT molecular complexity index is 1090. The number of benzene rings is 1. The molecule has 4 fully saturated rings. The highest BCUT2D eigenvalue weighted by atomic mass is 35.5. The molecule has 2 aromatic rings. The molecule has 1 saturated carbocycles. The van der Waals surface area contributed by atoms with E-state index < -0.39 is 6.10 Å². The van der Waals surface area contributed by atoms with Gasteiger partial charge in [-0.25, -0.2) is 4.98 Å². The van der Waals surface area contributed by atoms with Crippen molar-refractivity contribution in [2.75, 3.05) is 38.2 Å². The summed E-state index contributed by atoms with van der Waals surface area (Å²) in [6.45, 7) is 5.65. The van der Waals surface area contributed by atoms with Crippen molar-refractivity contribution in [2.24, 2.45) is 11.8 Å². The van der Waals surface area contributed by atoms with Crippen molar-refractivity contribution >= 4 is 34.1 Å². The van der Waals surface area contributed by atoms with Crippen molar-refractivity contribution in [3.63, 3.8) is 0 Å². The Kier molecular flexibility index (Phi) is 5.81. The van der Waals surface area contributed by atoms with Crippen LogP contribution in [0.1, 0.15) is 44.1 Å². The lowest BCUT2D eigenvalue weighted by atomic mass is 9.85. The van der Waals surface area contributed by atoms with Crippen LogP contribution in [0, 0.1) is 11.8 Å². The third kappa shape index (κ3) is 3.91. The molecule has 0 bridgehead atoms. The Morgan fingerprint density at radius 1 is 1.24 bits per heavy atom. The fourth-order valence-electron chi connectivity index (χ4n) is 6.23. The molecular formula is C26H32ClN3O4. The zero-order valence-electron chi connectivity index (χ0n) is 19.5. The molecule has 0 unspecified atom stereocenters. The van der Waals surface area contributed by atoms with Crippen LogP contribution in [0.15, 0.2) is 24.4 Å². The number of nitrogens with zero attached hydrogens (tertiary/aromatic N) is 2. The van der Waals surface area contributed by atoms with E-state index in [9.17, 15) is 9.90 Å². The number of aliphatic hydroxyl groups excluding tert-OH is 1. The first-order chi connectivity index (χ1) is 16.4. The summed E-state index contributed by atoms with van der Waals surface area (Å²) in [7, 11) is 0. The van der Waals surface area contributed by atoms with Crippen LogP contribution in [-0.2, 0) is 14.3 Å². The summed E-state index contributed by atoms with van der Waals surface area (Å²) in [6.07, 6.45) is 5.49. The summed E-state index contributed by atoms with van der Waals surface area (Å²) in [4.78, 5) is 19.6. The summed E-state index contributed by atoms with van der Waals surface area (Å²) in [5.74, 6) is 1.26. The number of hydrogen-bond acceptors (Lipinski definition) is 6. The van der Waals surface area contributed by atoms with Gasteiger partial charge in [0.15, 0.2) is 0 Å². The molecule has 6 rings (SSSR count). The number of fused-ring (bicyclic) bond motifs is 2. The number of aromatic nitrogens is 1. The molecule has 0 spiro atoms. The van der Waals surface area contributed by atoms with Crippen molar-refractivity contribution in [2.45, 2.75) is 56.3 Å². The molecule has 5 atom stereocenters. The van der Waals surface area contributed by atoms with Gasteiger partial charge in [-0.05, 0) is 80.8 Å². The normalized spacial score (nSPS) is 34.2. The molecule has 1 aromatic heterocycles. The minimum absolute atomic E-state index is 0.0110. The van der Waals surface area contributed by atoms with Gasteiger partial charge < -0.3 is 19.9 Å². The number of pyridine rings is 1. The highest BCUT2D eigenvalue weighted by Crippen LogP contribution is 2.48. The second-order valence-corrected chi connectivity index (χ2v) is 11.0. The molecular weight excluding hydrogens is 454 g/mol. The molecule has 1 aromatic carbocycles. The maximum atomic E-state index is 12.8. The first-order valence-electron chi connectivity index (χ1n) is 12.5. The van der Waals surface area contributed by atoms with E-state index in [4.69, 9.17) is 21.1 Å². The molecule has 4 aliphatic rings. The molecule has 34 heavy (non-hydrogen) atoms. The Labute approximate surface area is 204 Å². The number of carbonyl (C=O) groups excluding carboxylic acids is 1. The van der Waals surface area contributed by atoms with E-state index in [2.05, 4.69) is 28.2 Å². The summed E-state index contributed by atoms with van der Waals surface area (Å²) < 4.78 is 11.3. The lowest BCUT2D eigenvalue weighted by Gasteiger charge is -2.43. The van der Waals surface area contributed by atoms with Gasteiger partial charge in [0.2, 0.25) is 5.91 Å². The van der Waals surface area contributed by atoms with E-state index in [1.165, 1.54) is 0 Å².